The first-order valence-corrected chi connectivity index (χ1v) is 8.70. The molecule has 0 spiro atoms. The Bertz CT molecular complexity index is 646. The Hall–Kier alpha value is -1.53. The molecule has 3 atom stereocenters. The van der Waals surface area contributed by atoms with Crippen LogP contribution in [0, 0.1) is 17.6 Å². The summed E-state index contributed by atoms with van der Waals surface area (Å²) in [5.74, 6) is -1.50. The molecular weight excluding hydrogens is 314 g/mol. The maximum atomic E-state index is 14.4. The molecule has 4 saturated heterocycles. The Morgan fingerprint density at radius 1 is 1.21 bits per heavy atom. The number of rotatable bonds is 3. The highest BCUT2D eigenvalue weighted by Crippen LogP contribution is 2.47. The van der Waals surface area contributed by atoms with Gasteiger partial charge in [0.2, 0.25) is 5.91 Å². The van der Waals surface area contributed by atoms with E-state index in [4.69, 9.17) is 5.11 Å². The summed E-state index contributed by atoms with van der Waals surface area (Å²) < 4.78 is 28.1. The SMILES string of the molecule is O=C(CCO)N1C[C@H](c2cccc(F)c2F)[C@H]2[C@@H]1C1CCN2CC1. The van der Waals surface area contributed by atoms with E-state index in [0.717, 1.165) is 32.0 Å². The summed E-state index contributed by atoms with van der Waals surface area (Å²) in [6, 6.07) is 4.42. The summed E-state index contributed by atoms with van der Waals surface area (Å²) in [7, 11) is 0. The fourth-order valence-corrected chi connectivity index (χ4v) is 5.02. The zero-order valence-corrected chi connectivity index (χ0v) is 13.5. The van der Waals surface area contributed by atoms with Gasteiger partial charge in [0.1, 0.15) is 0 Å². The van der Waals surface area contributed by atoms with Crippen LogP contribution in [0.4, 0.5) is 8.78 Å². The molecule has 0 aromatic heterocycles. The van der Waals surface area contributed by atoms with Gasteiger partial charge in [-0.1, -0.05) is 12.1 Å². The van der Waals surface area contributed by atoms with Gasteiger partial charge in [-0.05, 0) is 43.5 Å². The van der Waals surface area contributed by atoms with Gasteiger partial charge in [0, 0.05) is 24.9 Å². The number of halogens is 2. The van der Waals surface area contributed by atoms with E-state index in [2.05, 4.69) is 4.90 Å². The molecule has 1 aromatic rings. The van der Waals surface area contributed by atoms with Crippen LogP contribution in [0.3, 0.4) is 0 Å². The van der Waals surface area contributed by atoms with Crippen molar-refractivity contribution in [1.29, 1.82) is 0 Å². The van der Waals surface area contributed by atoms with E-state index in [0.29, 0.717) is 18.0 Å². The molecule has 4 fully saturated rings. The van der Waals surface area contributed by atoms with Crippen LogP contribution in [0.2, 0.25) is 0 Å². The van der Waals surface area contributed by atoms with Crippen molar-refractivity contribution in [1.82, 2.24) is 9.80 Å². The van der Waals surface area contributed by atoms with Crippen LogP contribution in [0.1, 0.15) is 30.7 Å². The first kappa shape index (κ1) is 16.0. The quantitative estimate of drug-likeness (QED) is 0.914. The zero-order valence-electron chi connectivity index (χ0n) is 13.5. The van der Waals surface area contributed by atoms with Gasteiger partial charge in [0.15, 0.2) is 11.6 Å². The molecule has 0 unspecified atom stereocenters. The number of carbonyl (C=O) groups excluding carboxylic acids is 1. The van der Waals surface area contributed by atoms with E-state index in [9.17, 15) is 13.6 Å². The second-order valence-corrected chi connectivity index (χ2v) is 7.12. The number of hydrogen-bond donors (Lipinski definition) is 1. The van der Waals surface area contributed by atoms with Gasteiger partial charge in [-0.25, -0.2) is 8.78 Å². The average molecular weight is 336 g/mol. The minimum atomic E-state index is -0.833. The fraction of sp³-hybridized carbons (Fsp3) is 0.611. The highest BCUT2D eigenvalue weighted by molar-refractivity contribution is 5.77. The summed E-state index contributed by atoms with van der Waals surface area (Å²) in [5, 5.41) is 9.12. The van der Waals surface area contributed by atoms with Crippen molar-refractivity contribution in [2.45, 2.75) is 37.3 Å². The van der Waals surface area contributed by atoms with Gasteiger partial charge in [0.05, 0.1) is 12.6 Å². The fourth-order valence-electron chi connectivity index (χ4n) is 5.02. The van der Waals surface area contributed by atoms with Crippen molar-refractivity contribution in [3.05, 3.63) is 35.4 Å². The molecule has 1 amide bonds. The summed E-state index contributed by atoms with van der Waals surface area (Å²) in [6.07, 6.45) is 2.18. The van der Waals surface area contributed by atoms with E-state index in [1.807, 2.05) is 4.90 Å². The largest absolute Gasteiger partial charge is 0.396 e. The Labute approximate surface area is 140 Å². The molecule has 0 saturated carbocycles. The Balaban J connectivity index is 1.72. The van der Waals surface area contributed by atoms with Gasteiger partial charge in [0.25, 0.3) is 0 Å². The maximum absolute atomic E-state index is 14.4. The second-order valence-electron chi connectivity index (χ2n) is 7.12. The Morgan fingerprint density at radius 3 is 2.67 bits per heavy atom. The molecule has 0 radical (unpaired) electrons. The van der Waals surface area contributed by atoms with Crippen LogP contribution in [-0.2, 0) is 4.79 Å². The molecule has 1 aromatic carbocycles. The number of fused-ring (bicyclic) bond motifs is 2. The first-order chi connectivity index (χ1) is 11.6. The smallest absolute Gasteiger partial charge is 0.225 e. The summed E-state index contributed by atoms with van der Waals surface area (Å²) in [6.45, 7) is 2.14. The van der Waals surface area contributed by atoms with E-state index >= 15 is 0 Å². The predicted octanol–water partition coefficient (Wildman–Crippen LogP) is 1.74. The Kier molecular flexibility index (Phi) is 4.04. The molecule has 130 valence electrons. The highest BCUT2D eigenvalue weighted by atomic mass is 19.2. The molecule has 24 heavy (non-hydrogen) atoms. The third-order valence-electron chi connectivity index (χ3n) is 6.02. The van der Waals surface area contributed by atoms with Crippen molar-refractivity contribution >= 4 is 5.91 Å². The zero-order chi connectivity index (χ0) is 16.8. The van der Waals surface area contributed by atoms with Gasteiger partial charge in [-0.15, -0.1) is 0 Å². The van der Waals surface area contributed by atoms with Gasteiger partial charge in [-0.2, -0.15) is 0 Å². The van der Waals surface area contributed by atoms with Crippen molar-refractivity contribution in [3.8, 4) is 0 Å². The number of carbonyl (C=O) groups is 1. The van der Waals surface area contributed by atoms with E-state index in [1.54, 1.807) is 6.07 Å². The van der Waals surface area contributed by atoms with E-state index in [1.165, 1.54) is 6.07 Å². The normalized spacial score (nSPS) is 34.5. The molecule has 4 aliphatic rings. The van der Waals surface area contributed by atoms with Crippen LogP contribution in [0.15, 0.2) is 18.2 Å². The van der Waals surface area contributed by atoms with Crippen LogP contribution >= 0.6 is 0 Å². The number of nitrogens with zero attached hydrogens (tertiary/aromatic N) is 2. The summed E-state index contributed by atoms with van der Waals surface area (Å²) in [4.78, 5) is 16.6. The third-order valence-corrected chi connectivity index (χ3v) is 6.02. The molecule has 6 heteroatoms. The monoisotopic (exact) mass is 336 g/mol. The third kappa shape index (κ3) is 2.35. The topological polar surface area (TPSA) is 43.8 Å². The molecule has 4 nitrogen and oxygen atoms in total. The summed E-state index contributed by atoms with van der Waals surface area (Å²) >= 11 is 0. The number of likely N-dealkylation sites (tertiary alicyclic amines) is 1. The van der Waals surface area contributed by atoms with Crippen LogP contribution in [-0.4, -0.2) is 59.1 Å². The molecule has 5 rings (SSSR count). The predicted molar refractivity (Wildman–Crippen MR) is 84.4 cm³/mol. The van der Waals surface area contributed by atoms with E-state index < -0.39 is 11.6 Å². The number of aliphatic hydroxyl groups excluding tert-OH is 1. The lowest BCUT2D eigenvalue weighted by atomic mass is 9.75. The van der Waals surface area contributed by atoms with Gasteiger partial charge < -0.3 is 10.0 Å². The van der Waals surface area contributed by atoms with Crippen molar-refractivity contribution in [2.24, 2.45) is 5.92 Å². The summed E-state index contributed by atoms with van der Waals surface area (Å²) in [5.41, 5.74) is 0.372. The number of amides is 1. The standard InChI is InChI=1S/C18H22F2N2O2/c19-14-3-1-2-12(16(14)20)13-10-22(15(24)6-9-23)17-11-4-7-21(8-5-11)18(13)17/h1-3,11,13,17-18,23H,4-10H2/t13-,17+,18+/m1/s1. The number of aliphatic hydroxyl groups is 1. The van der Waals surface area contributed by atoms with Gasteiger partial charge >= 0.3 is 0 Å². The lowest BCUT2D eigenvalue weighted by molar-refractivity contribution is -0.136. The van der Waals surface area contributed by atoms with Crippen LogP contribution in [0.5, 0.6) is 0 Å². The highest BCUT2D eigenvalue weighted by Gasteiger charge is 2.54. The minimum absolute atomic E-state index is 0.0523. The van der Waals surface area contributed by atoms with Crippen molar-refractivity contribution in [2.75, 3.05) is 26.2 Å². The molecular formula is C18H22F2N2O2. The van der Waals surface area contributed by atoms with E-state index in [-0.39, 0.29) is 36.9 Å². The van der Waals surface area contributed by atoms with Crippen molar-refractivity contribution < 1.29 is 18.7 Å². The molecule has 2 bridgehead atoms. The molecule has 0 aliphatic carbocycles. The number of hydrogen-bond acceptors (Lipinski definition) is 3. The second kappa shape index (κ2) is 6.08. The van der Waals surface area contributed by atoms with Gasteiger partial charge in [-0.3, -0.25) is 9.69 Å². The van der Waals surface area contributed by atoms with Crippen molar-refractivity contribution in [3.63, 3.8) is 0 Å². The molecule has 4 heterocycles. The first-order valence-electron chi connectivity index (χ1n) is 8.70. The number of piperidine rings is 3. The molecule has 4 aliphatic heterocycles. The maximum Gasteiger partial charge on any atom is 0.225 e. The average Bonchev–Trinajstić information content (AvgIpc) is 3.01. The molecule has 1 N–H and O–H groups in total. The minimum Gasteiger partial charge on any atom is -0.396 e. The number of benzene rings is 1. The lowest BCUT2D eigenvalue weighted by Crippen LogP contribution is -2.60. The Morgan fingerprint density at radius 2 is 1.96 bits per heavy atom. The van der Waals surface area contributed by atoms with Crippen LogP contribution < -0.4 is 0 Å². The lowest BCUT2D eigenvalue weighted by Gasteiger charge is -2.51. The van der Waals surface area contributed by atoms with Crippen LogP contribution in [0.25, 0.3) is 0 Å².